The molecule has 9 heteroatoms. The van der Waals surface area contributed by atoms with Crippen LogP contribution >= 0.6 is 0 Å². The number of hydrogen-bond donors (Lipinski definition) is 1. The van der Waals surface area contributed by atoms with Gasteiger partial charge >= 0.3 is 0 Å². The Balaban J connectivity index is 1.69. The zero-order valence-electron chi connectivity index (χ0n) is 19.1. The monoisotopic (exact) mass is 452 g/mol. The molecule has 2 aliphatic rings. The van der Waals surface area contributed by atoms with Gasteiger partial charge in [0, 0.05) is 51.3 Å². The van der Waals surface area contributed by atoms with Gasteiger partial charge in [-0.1, -0.05) is 0 Å². The SMILES string of the molecule is COCc1cc(-c2cn(C3COC3)c3cnc(NC(C)=O)cc23)nc([C@]2(OC)CCOC2)c1. The predicted molar refractivity (Wildman–Crippen MR) is 122 cm³/mol. The second-order valence-corrected chi connectivity index (χ2v) is 8.59. The third kappa shape index (κ3) is 4.02. The van der Waals surface area contributed by atoms with Gasteiger partial charge < -0.3 is 28.8 Å². The molecule has 3 aromatic heterocycles. The number of rotatable bonds is 7. The highest BCUT2D eigenvalue weighted by Crippen LogP contribution is 2.38. The molecular formula is C24H28N4O5. The van der Waals surface area contributed by atoms with Gasteiger partial charge in [0.2, 0.25) is 5.91 Å². The highest BCUT2D eigenvalue weighted by molar-refractivity contribution is 5.98. The Bertz CT molecular complexity index is 1180. The Morgan fingerprint density at radius 2 is 2.12 bits per heavy atom. The van der Waals surface area contributed by atoms with Gasteiger partial charge in [0.05, 0.1) is 55.6 Å². The molecule has 0 aromatic carbocycles. The molecule has 2 saturated heterocycles. The van der Waals surface area contributed by atoms with Gasteiger partial charge in [-0.25, -0.2) is 9.97 Å². The Hall–Kier alpha value is -2.85. The van der Waals surface area contributed by atoms with Crippen molar-refractivity contribution in [3.63, 3.8) is 0 Å². The van der Waals surface area contributed by atoms with Crippen molar-refractivity contribution in [1.29, 1.82) is 0 Å². The molecular weight excluding hydrogens is 424 g/mol. The van der Waals surface area contributed by atoms with Crippen LogP contribution in [0.4, 0.5) is 5.82 Å². The first-order chi connectivity index (χ1) is 16.0. The van der Waals surface area contributed by atoms with Crippen LogP contribution < -0.4 is 5.32 Å². The minimum absolute atomic E-state index is 0.166. The topological polar surface area (TPSA) is 96.7 Å². The summed E-state index contributed by atoms with van der Waals surface area (Å²) >= 11 is 0. The van der Waals surface area contributed by atoms with E-state index in [4.69, 9.17) is 23.9 Å². The number of nitrogens with one attached hydrogen (secondary N) is 1. The number of aromatic nitrogens is 3. The zero-order chi connectivity index (χ0) is 23.0. The largest absolute Gasteiger partial charge is 0.380 e. The molecule has 0 aliphatic carbocycles. The first-order valence-electron chi connectivity index (χ1n) is 11.0. The number of fused-ring (bicyclic) bond motifs is 1. The molecule has 0 bridgehead atoms. The summed E-state index contributed by atoms with van der Waals surface area (Å²) in [6.45, 7) is 4.33. The maximum absolute atomic E-state index is 11.6. The first kappa shape index (κ1) is 22.0. The minimum Gasteiger partial charge on any atom is -0.380 e. The van der Waals surface area contributed by atoms with E-state index in [2.05, 4.69) is 21.1 Å². The molecule has 9 nitrogen and oxygen atoms in total. The summed E-state index contributed by atoms with van der Waals surface area (Å²) in [4.78, 5) is 21.1. The van der Waals surface area contributed by atoms with Crippen LogP contribution in [0.5, 0.6) is 0 Å². The van der Waals surface area contributed by atoms with Crippen molar-refractivity contribution < 1.29 is 23.7 Å². The number of pyridine rings is 2. The van der Waals surface area contributed by atoms with Crippen LogP contribution in [0, 0.1) is 0 Å². The number of methoxy groups -OCH3 is 2. The van der Waals surface area contributed by atoms with Crippen LogP contribution in [-0.2, 0) is 35.9 Å². The average molecular weight is 453 g/mol. The van der Waals surface area contributed by atoms with Gasteiger partial charge in [-0.2, -0.15) is 0 Å². The van der Waals surface area contributed by atoms with Gasteiger partial charge in [0.1, 0.15) is 11.4 Å². The fourth-order valence-electron chi connectivity index (χ4n) is 4.51. The van der Waals surface area contributed by atoms with Crippen molar-refractivity contribution in [3.8, 4) is 11.3 Å². The molecule has 5 rings (SSSR count). The highest BCUT2D eigenvalue weighted by Gasteiger charge is 2.39. The fourth-order valence-corrected chi connectivity index (χ4v) is 4.51. The second kappa shape index (κ2) is 8.83. The summed E-state index contributed by atoms with van der Waals surface area (Å²) in [5, 5.41) is 3.75. The molecule has 0 saturated carbocycles. The second-order valence-electron chi connectivity index (χ2n) is 8.59. The van der Waals surface area contributed by atoms with Crippen LogP contribution in [0.25, 0.3) is 22.2 Å². The van der Waals surface area contributed by atoms with Crippen LogP contribution in [0.15, 0.2) is 30.6 Å². The fraction of sp³-hybridized carbons (Fsp3) is 0.458. The first-order valence-corrected chi connectivity index (χ1v) is 11.0. The quantitative estimate of drug-likeness (QED) is 0.589. The summed E-state index contributed by atoms with van der Waals surface area (Å²) in [6.07, 6.45) is 4.64. The van der Waals surface area contributed by atoms with E-state index < -0.39 is 5.60 Å². The number of hydrogen-bond acceptors (Lipinski definition) is 7. The molecule has 174 valence electrons. The van der Waals surface area contributed by atoms with E-state index in [0.717, 1.165) is 39.8 Å². The molecule has 2 aliphatic heterocycles. The summed E-state index contributed by atoms with van der Waals surface area (Å²) in [5.74, 6) is 0.339. The number of carbonyl (C=O) groups is 1. The van der Waals surface area contributed by atoms with Crippen LogP contribution in [0.2, 0.25) is 0 Å². The van der Waals surface area contributed by atoms with Gasteiger partial charge in [-0.3, -0.25) is 4.79 Å². The number of nitrogens with zero attached hydrogens (tertiary/aromatic N) is 3. The van der Waals surface area contributed by atoms with Crippen LogP contribution in [0.1, 0.15) is 30.6 Å². The number of ether oxygens (including phenoxy) is 4. The van der Waals surface area contributed by atoms with Crippen molar-refractivity contribution in [3.05, 3.63) is 41.9 Å². The Kier molecular flexibility index (Phi) is 5.88. The van der Waals surface area contributed by atoms with Crippen molar-refractivity contribution in [2.75, 3.05) is 46.0 Å². The Morgan fingerprint density at radius 3 is 2.76 bits per heavy atom. The van der Waals surface area contributed by atoms with Crippen molar-refractivity contribution in [2.45, 2.75) is 31.6 Å². The normalized spacial score (nSPS) is 20.8. The molecule has 0 radical (unpaired) electrons. The van der Waals surface area contributed by atoms with Gasteiger partial charge in [0.15, 0.2) is 0 Å². The minimum atomic E-state index is -0.582. The van der Waals surface area contributed by atoms with E-state index in [1.807, 2.05) is 18.2 Å². The Labute approximate surface area is 192 Å². The van der Waals surface area contributed by atoms with Gasteiger partial charge in [-0.15, -0.1) is 0 Å². The van der Waals surface area contributed by atoms with Crippen LogP contribution in [0.3, 0.4) is 0 Å². The average Bonchev–Trinajstić information content (AvgIpc) is 3.38. The highest BCUT2D eigenvalue weighted by atomic mass is 16.5. The van der Waals surface area contributed by atoms with Crippen molar-refractivity contribution in [1.82, 2.24) is 14.5 Å². The van der Waals surface area contributed by atoms with E-state index in [1.54, 1.807) is 20.4 Å². The number of carbonyl (C=O) groups excluding carboxylic acids is 1. The van der Waals surface area contributed by atoms with E-state index in [1.165, 1.54) is 6.92 Å². The van der Waals surface area contributed by atoms with E-state index in [-0.39, 0.29) is 11.9 Å². The molecule has 1 atom stereocenters. The molecule has 1 N–H and O–H groups in total. The number of amides is 1. The molecule has 3 aromatic rings. The molecule has 0 unspecified atom stereocenters. The third-order valence-electron chi connectivity index (χ3n) is 6.35. The molecule has 2 fully saturated rings. The van der Waals surface area contributed by atoms with Crippen LogP contribution in [-0.4, -0.2) is 61.1 Å². The van der Waals surface area contributed by atoms with Crippen molar-refractivity contribution in [2.24, 2.45) is 0 Å². The lowest BCUT2D eigenvalue weighted by Crippen LogP contribution is -2.30. The summed E-state index contributed by atoms with van der Waals surface area (Å²) < 4.78 is 24.7. The maximum Gasteiger partial charge on any atom is 0.222 e. The summed E-state index contributed by atoms with van der Waals surface area (Å²) in [7, 11) is 3.38. The molecule has 0 spiro atoms. The summed E-state index contributed by atoms with van der Waals surface area (Å²) in [6, 6.07) is 6.22. The van der Waals surface area contributed by atoms with E-state index >= 15 is 0 Å². The number of anilines is 1. The lowest BCUT2D eigenvalue weighted by Gasteiger charge is -2.28. The maximum atomic E-state index is 11.6. The van der Waals surface area contributed by atoms with E-state index in [9.17, 15) is 4.79 Å². The van der Waals surface area contributed by atoms with E-state index in [0.29, 0.717) is 38.9 Å². The lowest BCUT2D eigenvalue weighted by molar-refractivity contribution is -0.114. The molecule has 5 heterocycles. The molecule has 1 amide bonds. The van der Waals surface area contributed by atoms with Gasteiger partial charge in [-0.05, 0) is 23.8 Å². The smallest absolute Gasteiger partial charge is 0.222 e. The molecule has 33 heavy (non-hydrogen) atoms. The van der Waals surface area contributed by atoms with Gasteiger partial charge in [0.25, 0.3) is 0 Å². The van der Waals surface area contributed by atoms with Crippen molar-refractivity contribution >= 4 is 22.6 Å². The lowest BCUT2D eigenvalue weighted by atomic mass is 9.95. The third-order valence-corrected chi connectivity index (χ3v) is 6.35. The Morgan fingerprint density at radius 1 is 1.27 bits per heavy atom. The predicted octanol–water partition coefficient (Wildman–Crippen LogP) is 3.04. The summed E-state index contributed by atoms with van der Waals surface area (Å²) in [5.41, 5.74) is 3.99. The standard InChI is InChI=1S/C24H28N4O5/c1-15(29)26-23-8-18-19(10-28(17-12-33-13-17)21(18)9-25-23)20-6-16(11-30-2)7-22(27-20)24(31-3)4-5-32-14-24/h6-10,17H,4-5,11-14H2,1-3H3,(H,25,26,29)/t24-/m0/s1. The zero-order valence-corrected chi connectivity index (χ0v) is 19.1.